The molecule has 0 fully saturated rings. The number of carbonyl (C=O) groups is 1. The van der Waals surface area contributed by atoms with Crippen LogP contribution in [-0.4, -0.2) is 32.6 Å². The van der Waals surface area contributed by atoms with E-state index in [-0.39, 0.29) is 18.2 Å². The van der Waals surface area contributed by atoms with E-state index in [2.05, 4.69) is 15.5 Å². The van der Waals surface area contributed by atoms with Crippen LogP contribution in [0, 0.1) is 0 Å². The maximum Gasteiger partial charge on any atom is 0.277 e. The number of aromatic nitrogens is 4. The van der Waals surface area contributed by atoms with Crippen molar-refractivity contribution in [1.29, 1.82) is 0 Å². The molecule has 0 saturated carbocycles. The first kappa shape index (κ1) is 17.5. The highest BCUT2D eigenvalue weighted by Gasteiger charge is 2.14. The Morgan fingerprint density at radius 1 is 1.16 bits per heavy atom. The summed E-state index contributed by atoms with van der Waals surface area (Å²) >= 11 is 12.0. The number of hydrogen-bond donors (Lipinski definition) is 1. The molecule has 0 spiro atoms. The summed E-state index contributed by atoms with van der Waals surface area (Å²) in [7, 11) is 1.55. The summed E-state index contributed by atoms with van der Waals surface area (Å²) in [6, 6.07) is 9.01. The number of nitrogens with one attached hydrogen (secondary N) is 1. The summed E-state index contributed by atoms with van der Waals surface area (Å²) in [6.07, 6.45) is 3.30. The van der Waals surface area contributed by atoms with Gasteiger partial charge in [0.05, 0.1) is 6.54 Å². The smallest absolute Gasteiger partial charge is 0.277 e. The molecule has 130 valence electrons. The number of methoxy groups -OCH3 is 1. The number of ether oxygens (including phenoxy) is 1. The number of halogens is 2. The molecule has 1 amide bonds. The van der Waals surface area contributed by atoms with Gasteiger partial charge in [0.2, 0.25) is 0 Å². The normalized spacial score (nSPS) is 10.8. The van der Waals surface area contributed by atoms with E-state index in [1.807, 2.05) is 12.1 Å². The summed E-state index contributed by atoms with van der Waals surface area (Å²) in [5, 5.41) is 12.1. The second-order valence-corrected chi connectivity index (χ2v) is 6.11. The van der Waals surface area contributed by atoms with Crippen molar-refractivity contribution < 1.29 is 9.53 Å². The number of hydrogen-bond acceptors (Lipinski definition) is 4. The maximum atomic E-state index is 12.2. The zero-order valence-corrected chi connectivity index (χ0v) is 14.8. The third-order valence-corrected chi connectivity index (χ3v) is 3.87. The van der Waals surface area contributed by atoms with Crippen LogP contribution >= 0.6 is 23.2 Å². The monoisotopic (exact) mass is 379 g/mol. The van der Waals surface area contributed by atoms with Gasteiger partial charge in [0.15, 0.2) is 11.5 Å². The zero-order valence-electron chi connectivity index (χ0n) is 13.3. The van der Waals surface area contributed by atoms with Gasteiger partial charge in [-0.25, -0.2) is 4.68 Å². The molecule has 9 heteroatoms. The van der Waals surface area contributed by atoms with E-state index in [9.17, 15) is 4.79 Å². The first-order valence-electron chi connectivity index (χ1n) is 7.36. The van der Waals surface area contributed by atoms with Crippen molar-refractivity contribution in [2.45, 2.75) is 13.3 Å². The van der Waals surface area contributed by atoms with Gasteiger partial charge in [-0.15, -0.1) is 0 Å². The van der Waals surface area contributed by atoms with Gasteiger partial charge in [0.1, 0.15) is 11.8 Å². The molecule has 7 nitrogen and oxygen atoms in total. The van der Waals surface area contributed by atoms with Crippen LogP contribution in [0.3, 0.4) is 0 Å². The molecule has 2 heterocycles. The van der Waals surface area contributed by atoms with Crippen molar-refractivity contribution in [2.24, 2.45) is 0 Å². The molecule has 0 aliphatic carbocycles. The first-order valence-corrected chi connectivity index (χ1v) is 8.12. The minimum atomic E-state index is -0.395. The molecule has 0 aliphatic rings. The van der Waals surface area contributed by atoms with Crippen LogP contribution in [-0.2, 0) is 18.0 Å². The fraction of sp³-hybridized carbons (Fsp3) is 0.188. The average Bonchev–Trinajstić information content (AvgIpc) is 3.17. The standard InChI is InChI=1S/C16H15Cl2N5O2/c1-25-10-22-7-6-14(20-22)16(24)19-15-13(18)9-23(21-15)8-11-2-4-12(17)5-3-11/h2-7,9H,8,10H2,1H3,(H,19,21,24). The Morgan fingerprint density at radius 2 is 1.92 bits per heavy atom. The molecule has 2 aromatic heterocycles. The molecular weight excluding hydrogens is 365 g/mol. The van der Waals surface area contributed by atoms with E-state index in [0.29, 0.717) is 16.6 Å². The van der Waals surface area contributed by atoms with Crippen LogP contribution in [0.15, 0.2) is 42.7 Å². The number of amides is 1. The molecular formula is C16H15Cl2N5O2. The highest BCUT2D eigenvalue weighted by molar-refractivity contribution is 6.33. The van der Waals surface area contributed by atoms with Gasteiger partial charge >= 0.3 is 0 Å². The Balaban J connectivity index is 1.69. The van der Waals surface area contributed by atoms with E-state index in [1.54, 1.807) is 42.4 Å². The SMILES string of the molecule is COCn1ccc(C(=O)Nc2nn(Cc3ccc(Cl)cc3)cc2Cl)n1. The third-order valence-electron chi connectivity index (χ3n) is 3.34. The number of benzene rings is 1. The van der Waals surface area contributed by atoms with E-state index < -0.39 is 5.91 Å². The minimum Gasteiger partial charge on any atom is -0.362 e. The lowest BCUT2D eigenvalue weighted by Gasteiger charge is -2.02. The molecule has 0 atom stereocenters. The minimum absolute atomic E-state index is 0.250. The topological polar surface area (TPSA) is 74.0 Å². The Hall–Kier alpha value is -2.35. The molecule has 3 aromatic rings. The van der Waals surface area contributed by atoms with E-state index in [0.717, 1.165) is 5.56 Å². The largest absolute Gasteiger partial charge is 0.362 e. The van der Waals surface area contributed by atoms with Gasteiger partial charge in [-0.2, -0.15) is 10.2 Å². The molecule has 0 saturated heterocycles. The molecule has 3 rings (SSSR count). The molecule has 1 N–H and O–H groups in total. The number of rotatable bonds is 6. The lowest BCUT2D eigenvalue weighted by Crippen LogP contribution is -2.14. The van der Waals surface area contributed by atoms with Crippen molar-refractivity contribution >= 4 is 34.9 Å². The number of anilines is 1. The van der Waals surface area contributed by atoms with Crippen LogP contribution in [0.4, 0.5) is 5.82 Å². The quantitative estimate of drug-likeness (QED) is 0.712. The van der Waals surface area contributed by atoms with Gasteiger partial charge in [-0.1, -0.05) is 35.3 Å². The maximum absolute atomic E-state index is 12.2. The van der Waals surface area contributed by atoms with E-state index in [1.165, 1.54) is 4.68 Å². The van der Waals surface area contributed by atoms with Crippen molar-refractivity contribution in [3.63, 3.8) is 0 Å². The molecule has 0 unspecified atom stereocenters. The fourth-order valence-electron chi connectivity index (χ4n) is 2.20. The molecule has 0 bridgehead atoms. The molecule has 0 aliphatic heterocycles. The van der Waals surface area contributed by atoms with Crippen LogP contribution in [0.25, 0.3) is 0 Å². The highest BCUT2D eigenvalue weighted by atomic mass is 35.5. The lowest BCUT2D eigenvalue weighted by molar-refractivity contribution is 0.101. The van der Waals surface area contributed by atoms with Crippen LogP contribution < -0.4 is 5.32 Å². The summed E-state index contributed by atoms with van der Waals surface area (Å²) in [6.45, 7) is 0.777. The average molecular weight is 380 g/mol. The number of nitrogens with zero attached hydrogens (tertiary/aromatic N) is 4. The second-order valence-electron chi connectivity index (χ2n) is 5.26. The van der Waals surface area contributed by atoms with Crippen LogP contribution in [0.2, 0.25) is 10.0 Å². The predicted molar refractivity (Wildman–Crippen MR) is 95.0 cm³/mol. The molecule has 25 heavy (non-hydrogen) atoms. The van der Waals surface area contributed by atoms with Gasteiger partial charge in [0.25, 0.3) is 5.91 Å². The molecule has 1 aromatic carbocycles. The van der Waals surface area contributed by atoms with Gasteiger partial charge in [-0.05, 0) is 23.8 Å². The Kier molecular flexibility index (Phi) is 5.37. The van der Waals surface area contributed by atoms with Crippen molar-refractivity contribution in [3.8, 4) is 0 Å². The van der Waals surface area contributed by atoms with Gasteiger partial charge in [-0.3, -0.25) is 9.48 Å². The predicted octanol–water partition coefficient (Wildman–Crippen LogP) is 3.29. The fourth-order valence-corrected chi connectivity index (χ4v) is 2.52. The van der Waals surface area contributed by atoms with Crippen molar-refractivity contribution in [3.05, 3.63) is 64.0 Å². The zero-order chi connectivity index (χ0) is 17.8. The first-order chi connectivity index (χ1) is 12.0. The van der Waals surface area contributed by atoms with Crippen molar-refractivity contribution in [2.75, 3.05) is 12.4 Å². The van der Waals surface area contributed by atoms with E-state index in [4.69, 9.17) is 27.9 Å². The van der Waals surface area contributed by atoms with Crippen LogP contribution in [0.1, 0.15) is 16.1 Å². The Labute approximate surface area is 154 Å². The number of carbonyl (C=O) groups excluding carboxylic acids is 1. The third kappa shape index (κ3) is 4.39. The Morgan fingerprint density at radius 3 is 2.64 bits per heavy atom. The molecule has 0 radical (unpaired) electrons. The van der Waals surface area contributed by atoms with Gasteiger partial charge < -0.3 is 10.1 Å². The lowest BCUT2D eigenvalue weighted by atomic mass is 10.2. The van der Waals surface area contributed by atoms with Crippen molar-refractivity contribution in [1.82, 2.24) is 19.6 Å². The Bertz CT molecular complexity index is 873. The summed E-state index contributed by atoms with van der Waals surface area (Å²) < 4.78 is 8.10. The highest BCUT2D eigenvalue weighted by Crippen LogP contribution is 2.21. The summed E-state index contributed by atoms with van der Waals surface area (Å²) in [4.78, 5) is 12.2. The summed E-state index contributed by atoms with van der Waals surface area (Å²) in [5.41, 5.74) is 1.26. The summed E-state index contributed by atoms with van der Waals surface area (Å²) in [5.74, 6) is -0.115. The van der Waals surface area contributed by atoms with E-state index >= 15 is 0 Å². The van der Waals surface area contributed by atoms with Crippen LogP contribution in [0.5, 0.6) is 0 Å². The second kappa shape index (κ2) is 7.69. The van der Waals surface area contributed by atoms with Gasteiger partial charge in [0, 0.05) is 24.5 Å².